The fraction of sp³-hybridized carbons (Fsp3) is 0.200. The van der Waals surface area contributed by atoms with Gasteiger partial charge < -0.3 is 4.74 Å². The van der Waals surface area contributed by atoms with Gasteiger partial charge in [0.15, 0.2) is 5.78 Å². The third-order valence-electron chi connectivity index (χ3n) is 4.18. The number of H-pyrrole nitrogens is 1. The van der Waals surface area contributed by atoms with E-state index in [1.807, 2.05) is 6.92 Å². The zero-order valence-corrected chi connectivity index (χ0v) is 14.7. The second-order valence-electron chi connectivity index (χ2n) is 6.16. The zero-order valence-electron chi connectivity index (χ0n) is 14.7. The molecule has 0 aliphatic rings. The average molecular weight is 374 g/mol. The van der Waals surface area contributed by atoms with Crippen molar-refractivity contribution in [3.8, 4) is 17.0 Å². The predicted octanol–water partition coefficient (Wildman–Crippen LogP) is 5.19. The summed E-state index contributed by atoms with van der Waals surface area (Å²) in [6.45, 7) is 3.52. The summed E-state index contributed by atoms with van der Waals surface area (Å²) < 4.78 is 43.8. The molecular weight excluding hydrogens is 357 g/mol. The lowest BCUT2D eigenvalue weighted by molar-refractivity contribution is -0.137. The molecule has 3 aromatic rings. The lowest BCUT2D eigenvalue weighted by atomic mass is 10.1. The van der Waals surface area contributed by atoms with E-state index in [0.717, 1.165) is 17.7 Å². The molecule has 0 atom stereocenters. The molecular formula is C20H17F3N2O2. The molecule has 4 nitrogen and oxygen atoms in total. The van der Waals surface area contributed by atoms with E-state index in [-0.39, 0.29) is 12.4 Å². The van der Waals surface area contributed by atoms with E-state index in [1.54, 1.807) is 24.4 Å². The SMILES string of the molecule is CC(=O)c1ccc(OCc2c[nH]nc2-c2ccc(C(F)(F)F)cc2)cc1C. The van der Waals surface area contributed by atoms with Crippen LogP contribution in [0, 0.1) is 6.92 Å². The fourth-order valence-corrected chi connectivity index (χ4v) is 2.77. The standard InChI is InChI=1S/C20H17F3N2O2/c1-12-9-17(7-8-18(12)13(2)26)27-11-15-10-24-25-19(15)14-3-5-16(6-4-14)20(21,22)23/h3-10H,11H2,1-2H3,(H,24,25). The van der Waals surface area contributed by atoms with Crippen molar-refractivity contribution < 1.29 is 22.7 Å². The number of halogens is 3. The Morgan fingerprint density at radius 1 is 1.15 bits per heavy atom. The van der Waals surface area contributed by atoms with Crippen LogP contribution in [0.25, 0.3) is 11.3 Å². The van der Waals surface area contributed by atoms with E-state index in [4.69, 9.17) is 4.74 Å². The van der Waals surface area contributed by atoms with Crippen molar-refractivity contribution in [3.63, 3.8) is 0 Å². The third-order valence-corrected chi connectivity index (χ3v) is 4.18. The molecule has 0 saturated carbocycles. The van der Waals surface area contributed by atoms with Crippen molar-refractivity contribution in [1.82, 2.24) is 10.2 Å². The Morgan fingerprint density at radius 3 is 2.44 bits per heavy atom. The van der Waals surface area contributed by atoms with Gasteiger partial charge in [0.05, 0.1) is 11.3 Å². The normalized spacial score (nSPS) is 11.4. The number of alkyl halides is 3. The van der Waals surface area contributed by atoms with Crippen molar-refractivity contribution in [2.24, 2.45) is 0 Å². The number of nitrogens with zero attached hydrogens (tertiary/aromatic N) is 1. The minimum absolute atomic E-state index is 0.0153. The number of aryl methyl sites for hydroxylation is 1. The molecule has 140 valence electrons. The highest BCUT2D eigenvalue weighted by atomic mass is 19.4. The first-order valence-corrected chi connectivity index (χ1v) is 8.20. The Hall–Kier alpha value is -3.09. The number of hydrogen-bond donors (Lipinski definition) is 1. The molecule has 1 heterocycles. The summed E-state index contributed by atoms with van der Waals surface area (Å²) in [6.07, 6.45) is -2.73. The maximum Gasteiger partial charge on any atom is 0.416 e. The Kier molecular flexibility index (Phi) is 5.03. The van der Waals surface area contributed by atoms with Crippen molar-refractivity contribution in [2.45, 2.75) is 26.6 Å². The summed E-state index contributed by atoms with van der Waals surface area (Å²) in [7, 11) is 0. The minimum Gasteiger partial charge on any atom is -0.489 e. The van der Waals surface area contributed by atoms with Crippen LogP contribution in [0.3, 0.4) is 0 Å². The maximum absolute atomic E-state index is 12.7. The molecule has 2 aromatic carbocycles. The largest absolute Gasteiger partial charge is 0.489 e. The number of nitrogens with one attached hydrogen (secondary N) is 1. The van der Waals surface area contributed by atoms with Gasteiger partial charge in [0.25, 0.3) is 0 Å². The third kappa shape index (κ3) is 4.19. The van der Waals surface area contributed by atoms with Crippen LogP contribution in [0.4, 0.5) is 13.2 Å². The van der Waals surface area contributed by atoms with E-state index in [0.29, 0.717) is 28.1 Å². The smallest absolute Gasteiger partial charge is 0.416 e. The molecule has 0 bridgehead atoms. The zero-order chi connectivity index (χ0) is 19.6. The average Bonchev–Trinajstić information content (AvgIpc) is 3.07. The number of ketones is 1. The molecule has 0 spiro atoms. The first-order chi connectivity index (χ1) is 12.8. The molecule has 3 rings (SSSR count). The first-order valence-electron chi connectivity index (χ1n) is 8.20. The lowest BCUT2D eigenvalue weighted by Gasteiger charge is -2.10. The summed E-state index contributed by atoms with van der Waals surface area (Å²) in [5.41, 5.74) is 2.54. The van der Waals surface area contributed by atoms with Gasteiger partial charge in [0, 0.05) is 22.9 Å². The van der Waals surface area contributed by atoms with Gasteiger partial charge in [0.1, 0.15) is 12.4 Å². The number of ether oxygens (including phenoxy) is 1. The molecule has 0 aliphatic heterocycles. The van der Waals surface area contributed by atoms with Crippen LogP contribution in [0.15, 0.2) is 48.7 Å². The Bertz CT molecular complexity index is 960. The van der Waals surface area contributed by atoms with Gasteiger partial charge in [-0.05, 0) is 49.7 Å². The Labute approximate surface area is 154 Å². The Morgan fingerprint density at radius 2 is 1.85 bits per heavy atom. The van der Waals surface area contributed by atoms with Gasteiger partial charge in [-0.1, -0.05) is 12.1 Å². The summed E-state index contributed by atoms with van der Waals surface area (Å²) in [4.78, 5) is 11.5. The van der Waals surface area contributed by atoms with Crippen molar-refractivity contribution in [1.29, 1.82) is 0 Å². The van der Waals surface area contributed by atoms with Crippen molar-refractivity contribution >= 4 is 5.78 Å². The van der Waals surface area contributed by atoms with Crippen molar-refractivity contribution in [3.05, 3.63) is 70.9 Å². The summed E-state index contributed by atoms with van der Waals surface area (Å²) in [6, 6.07) is 10.0. The molecule has 1 N–H and O–H groups in total. The highest BCUT2D eigenvalue weighted by Crippen LogP contribution is 2.31. The number of rotatable bonds is 5. The fourth-order valence-electron chi connectivity index (χ4n) is 2.77. The number of aromatic amines is 1. The lowest BCUT2D eigenvalue weighted by Crippen LogP contribution is -2.04. The summed E-state index contributed by atoms with van der Waals surface area (Å²) in [5.74, 6) is 0.579. The predicted molar refractivity (Wildman–Crippen MR) is 94.5 cm³/mol. The number of carbonyl (C=O) groups is 1. The first kappa shape index (κ1) is 18.7. The van der Waals surface area contributed by atoms with Crippen LogP contribution in [0.5, 0.6) is 5.75 Å². The minimum atomic E-state index is -4.38. The maximum atomic E-state index is 12.7. The molecule has 27 heavy (non-hydrogen) atoms. The highest BCUT2D eigenvalue weighted by Gasteiger charge is 2.30. The quantitative estimate of drug-likeness (QED) is 0.626. The second kappa shape index (κ2) is 7.26. The molecule has 0 fully saturated rings. The topological polar surface area (TPSA) is 55.0 Å². The van der Waals surface area contributed by atoms with E-state index in [1.165, 1.54) is 19.1 Å². The van der Waals surface area contributed by atoms with E-state index >= 15 is 0 Å². The molecule has 0 radical (unpaired) electrons. The number of Topliss-reactive ketones (excluding diaryl/α,β-unsaturated/α-hetero) is 1. The molecule has 7 heteroatoms. The van der Waals surface area contributed by atoms with Crippen LogP contribution in [0.2, 0.25) is 0 Å². The van der Waals surface area contributed by atoms with Gasteiger partial charge in [-0.15, -0.1) is 0 Å². The van der Waals surface area contributed by atoms with Crippen LogP contribution in [-0.4, -0.2) is 16.0 Å². The molecule has 1 aromatic heterocycles. The van der Waals surface area contributed by atoms with Gasteiger partial charge >= 0.3 is 6.18 Å². The highest BCUT2D eigenvalue weighted by molar-refractivity contribution is 5.95. The number of benzene rings is 2. The van der Waals surface area contributed by atoms with Gasteiger partial charge in [-0.2, -0.15) is 18.3 Å². The summed E-state index contributed by atoms with van der Waals surface area (Å²) in [5, 5.41) is 6.83. The van der Waals surface area contributed by atoms with Crippen LogP contribution in [-0.2, 0) is 12.8 Å². The summed E-state index contributed by atoms with van der Waals surface area (Å²) >= 11 is 0. The monoisotopic (exact) mass is 374 g/mol. The molecule has 0 amide bonds. The molecule has 0 saturated heterocycles. The van der Waals surface area contributed by atoms with Crippen LogP contribution in [0.1, 0.15) is 34.0 Å². The number of carbonyl (C=O) groups excluding carboxylic acids is 1. The molecule has 0 aliphatic carbocycles. The Balaban J connectivity index is 1.76. The van der Waals surface area contributed by atoms with E-state index < -0.39 is 11.7 Å². The second-order valence-corrected chi connectivity index (χ2v) is 6.16. The van der Waals surface area contributed by atoms with Gasteiger partial charge in [-0.25, -0.2) is 0 Å². The van der Waals surface area contributed by atoms with Crippen LogP contribution < -0.4 is 4.74 Å². The van der Waals surface area contributed by atoms with Gasteiger partial charge in [0.2, 0.25) is 0 Å². The van der Waals surface area contributed by atoms with Crippen molar-refractivity contribution in [2.75, 3.05) is 0 Å². The van der Waals surface area contributed by atoms with Gasteiger partial charge in [-0.3, -0.25) is 9.89 Å². The molecule has 0 unspecified atom stereocenters. The van der Waals surface area contributed by atoms with Crippen LogP contribution >= 0.6 is 0 Å². The number of aromatic nitrogens is 2. The van der Waals surface area contributed by atoms with E-state index in [9.17, 15) is 18.0 Å². The van der Waals surface area contributed by atoms with E-state index in [2.05, 4.69) is 10.2 Å². The number of hydrogen-bond acceptors (Lipinski definition) is 3.